The Hall–Kier alpha value is -2.53. The summed E-state index contributed by atoms with van der Waals surface area (Å²) in [7, 11) is 0. The highest BCUT2D eigenvalue weighted by atomic mass is 32.1. The number of amides is 1. The van der Waals surface area contributed by atoms with Crippen LogP contribution in [0, 0.1) is 0 Å². The number of anilines is 1. The SMILES string of the molecule is CCCc1ccc(-c2csc(NC(=O)c3ccccn3)n2)cc1. The molecule has 3 rings (SSSR count). The lowest BCUT2D eigenvalue weighted by molar-refractivity contribution is 0.102. The molecule has 116 valence electrons. The average molecular weight is 323 g/mol. The van der Waals surface area contributed by atoms with Crippen LogP contribution in [0.2, 0.25) is 0 Å². The van der Waals surface area contributed by atoms with Crippen molar-refractivity contribution in [2.45, 2.75) is 19.8 Å². The lowest BCUT2D eigenvalue weighted by atomic mass is 10.1. The van der Waals surface area contributed by atoms with Gasteiger partial charge in [0.05, 0.1) is 5.69 Å². The van der Waals surface area contributed by atoms with Crippen LogP contribution in [0.4, 0.5) is 5.13 Å². The van der Waals surface area contributed by atoms with Crippen molar-refractivity contribution < 1.29 is 4.79 Å². The Labute approximate surface area is 139 Å². The molecular formula is C18H17N3OS. The molecule has 2 aromatic heterocycles. The van der Waals surface area contributed by atoms with E-state index in [1.807, 2.05) is 5.38 Å². The lowest BCUT2D eigenvalue weighted by Gasteiger charge is -2.01. The van der Waals surface area contributed by atoms with Gasteiger partial charge >= 0.3 is 0 Å². The van der Waals surface area contributed by atoms with Gasteiger partial charge in [-0.1, -0.05) is 43.7 Å². The van der Waals surface area contributed by atoms with Crippen molar-refractivity contribution in [1.82, 2.24) is 9.97 Å². The highest BCUT2D eigenvalue weighted by Gasteiger charge is 2.10. The molecular weight excluding hydrogens is 306 g/mol. The molecule has 0 aliphatic carbocycles. The molecule has 1 aromatic carbocycles. The number of pyridine rings is 1. The van der Waals surface area contributed by atoms with E-state index in [-0.39, 0.29) is 5.91 Å². The Balaban J connectivity index is 1.71. The fraction of sp³-hybridized carbons (Fsp3) is 0.167. The number of benzene rings is 1. The molecule has 0 spiro atoms. The van der Waals surface area contributed by atoms with Gasteiger partial charge in [0, 0.05) is 17.1 Å². The predicted molar refractivity (Wildman–Crippen MR) is 93.7 cm³/mol. The molecule has 0 radical (unpaired) electrons. The fourth-order valence-electron chi connectivity index (χ4n) is 2.25. The van der Waals surface area contributed by atoms with Crippen molar-refractivity contribution >= 4 is 22.4 Å². The van der Waals surface area contributed by atoms with Crippen molar-refractivity contribution in [2.75, 3.05) is 5.32 Å². The van der Waals surface area contributed by atoms with Crippen LogP contribution < -0.4 is 5.32 Å². The molecule has 1 amide bonds. The van der Waals surface area contributed by atoms with E-state index in [2.05, 4.69) is 46.5 Å². The fourth-order valence-corrected chi connectivity index (χ4v) is 2.97. The predicted octanol–water partition coefficient (Wildman–Crippen LogP) is 4.41. The first-order valence-corrected chi connectivity index (χ1v) is 8.41. The summed E-state index contributed by atoms with van der Waals surface area (Å²) in [5.41, 5.74) is 3.64. The minimum Gasteiger partial charge on any atom is -0.296 e. The van der Waals surface area contributed by atoms with E-state index >= 15 is 0 Å². The molecule has 0 saturated heterocycles. The minimum absolute atomic E-state index is 0.246. The molecule has 23 heavy (non-hydrogen) atoms. The number of hydrogen-bond acceptors (Lipinski definition) is 4. The third-order valence-corrected chi connectivity index (χ3v) is 4.17. The highest BCUT2D eigenvalue weighted by molar-refractivity contribution is 7.14. The van der Waals surface area contributed by atoms with Crippen LogP contribution in [0.15, 0.2) is 54.0 Å². The summed E-state index contributed by atoms with van der Waals surface area (Å²) < 4.78 is 0. The summed E-state index contributed by atoms with van der Waals surface area (Å²) in [5.74, 6) is -0.246. The number of nitrogens with zero attached hydrogens (tertiary/aromatic N) is 2. The van der Waals surface area contributed by atoms with Crippen molar-refractivity contribution in [3.05, 3.63) is 65.3 Å². The summed E-state index contributed by atoms with van der Waals surface area (Å²) in [6, 6.07) is 13.6. The Bertz CT molecular complexity index is 782. The van der Waals surface area contributed by atoms with Crippen LogP contribution in [0.5, 0.6) is 0 Å². The van der Waals surface area contributed by atoms with Crippen LogP contribution >= 0.6 is 11.3 Å². The minimum atomic E-state index is -0.246. The highest BCUT2D eigenvalue weighted by Crippen LogP contribution is 2.25. The van der Waals surface area contributed by atoms with Crippen LogP contribution in [0.1, 0.15) is 29.4 Å². The molecule has 5 heteroatoms. The van der Waals surface area contributed by atoms with E-state index in [0.29, 0.717) is 10.8 Å². The standard InChI is InChI=1S/C18H17N3OS/c1-2-5-13-7-9-14(10-8-13)16-12-23-18(20-16)21-17(22)15-6-3-4-11-19-15/h3-4,6-12H,2,5H2,1H3,(H,20,21,22). The molecule has 0 saturated carbocycles. The molecule has 0 fully saturated rings. The molecule has 2 heterocycles. The first-order chi connectivity index (χ1) is 11.3. The molecule has 1 N–H and O–H groups in total. The number of hydrogen-bond donors (Lipinski definition) is 1. The maximum atomic E-state index is 12.1. The van der Waals surface area contributed by atoms with Crippen molar-refractivity contribution in [3.63, 3.8) is 0 Å². The second-order valence-corrected chi connectivity index (χ2v) is 6.01. The van der Waals surface area contributed by atoms with Gasteiger partial charge in [-0.3, -0.25) is 15.1 Å². The van der Waals surface area contributed by atoms with Crippen molar-refractivity contribution in [1.29, 1.82) is 0 Å². The number of aromatic nitrogens is 2. The molecule has 0 aliphatic rings. The second kappa shape index (κ2) is 7.15. The van der Waals surface area contributed by atoms with Crippen LogP contribution in [-0.2, 0) is 6.42 Å². The number of nitrogens with one attached hydrogen (secondary N) is 1. The van der Waals surface area contributed by atoms with Gasteiger partial charge in [-0.15, -0.1) is 11.3 Å². The van der Waals surface area contributed by atoms with Gasteiger partial charge < -0.3 is 0 Å². The zero-order valence-electron chi connectivity index (χ0n) is 12.8. The van der Waals surface area contributed by atoms with E-state index in [1.165, 1.54) is 16.9 Å². The van der Waals surface area contributed by atoms with Crippen molar-refractivity contribution in [3.8, 4) is 11.3 Å². The second-order valence-electron chi connectivity index (χ2n) is 5.15. The van der Waals surface area contributed by atoms with Gasteiger partial charge in [0.25, 0.3) is 5.91 Å². The van der Waals surface area contributed by atoms with E-state index in [9.17, 15) is 4.79 Å². The largest absolute Gasteiger partial charge is 0.296 e. The molecule has 0 atom stereocenters. The Kier molecular flexibility index (Phi) is 4.78. The first kappa shape index (κ1) is 15.4. The van der Waals surface area contributed by atoms with Crippen LogP contribution in [-0.4, -0.2) is 15.9 Å². The van der Waals surface area contributed by atoms with E-state index in [4.69, 9.17) is 0 Å². The zero-order valence-corrected chi connectivity index (χ0v) is 13.6. The molecule has 0 aliphatic heterocycles. The van der Waals surface area contributed by atoms with E-state index < -0.39 is 0 Å². The Morgan fingerprint density at radius 2 is 2.00 bits per heavy atom. The summed E-state index contributed by atoms with van der Waals surface area (Å²) in [6.07, 6.45) is 3.82. The Morgan fingerprint density at radius 3 is 2.70 bits per heavy atom. The smallest absolute Gasteiger partial charge is 0.276 e. The first-order valence-electron chi connectivity index (χ1n) is 7.53. The maximum Gasteiger partial charge on any atom is 0.276 e. The molecule has 0 bridgehead atoms. The number of carbonyl (C=O) groups is 1. The van der Waals surface area contributed by atoms with Gasteiger partial charge in [-0.2, -0.15) is 0 Å². The lowest BCUT2D eigenvalue weighted by Crippen LogP contribution is -2.13. The van der Waals surface area contributed by atoms with Gasteiger partial charge in [0.1, 0.15) is 5.69 Å². The summed E-state index contributed by atoms with van der Waals surface area (Å²) in [4.78, 5) is 20.6. The third-order valence-electron chi connectivity index (χ3n) is 3.41. The molecule has 0 unspecified atom stereocenters. The van der Waals surface area contributed by atoms with Gasteiger partial charge in [-0.25, -0.2) is 4.98 Å². The summed E-state index contributed by atoms with van der Waals surface area (Å²) >= 11 is 1.41. The monoisotopic (exact) mass is 323 g/mol. The van der Waals surface area contributed by atoms with Crippen LogP contribution in [0.25, 0.3) is 11.3 Å². The number of carbonyl (C=O) groups excluding carboxylic acids is 1. The normalized spacial score (nSPS) is 10.5. The number of rotatable bonds is 5. The van der Waals surface area contributed by atoms with Crippen molar-refractivity contribution in [2.24, 2.45) is 0 Å². The summed E-state index contributed by atoms with van der Waals surface area (Å²) in [5, 5.41) is 5.31. The average Bonchev–Trinajstić information content (AvgIpc) is 3.05. The zero-order chi connectivity index (χ0) is 16.1. The molecule has 3 aromatic rings. The topological polar surface area (TPSA) is 54.9 Å². The van der Waals surface area contributed by atoms with E-state index in [0.717, 1.165) is 24.1 Å². The van der Waals surface area contributed by atoms with Gasteiger partial charge in [0.15, 0.2) is 5.13 Å². The number of thiazole rings is 1. The molecule has 4 nitrogen and oxygen atoms in total. The van der Waals surface area contributed by atoms with Gasteiger partial charge in [0.2, 0.25) is 0 Å². The maximum absolute atomic E-state index is 12.1. The quantitative estimate of drug-likeness (QED) is 0.756. The van der Waals surface area contributed by atoms with Gasteiger partial charge in [-0.05, 0) is 24.1 Å². The third kappa shape index (κ3) is 3.81. The number of aryl methyl sites for hydroxylation is 1. The van der Waals surface area contributed by atoms with E-state index in [1.54, 1.807) is 24.4 Å². The Morgan fingerprint density at radius 1 is 1.17 bits per heavy atom. The van der Waals surface area contributed by atoms with Crippen LogP contribution in [0.3, 0.4) is 0 Å². The summed E-state index contributed by atoms with van der Waals surface area (Å²) in [6.45, 7) is 2.17.